The van der Waals surface area contributed by atoms with E-state index in [-0.39, 0.29) is 24.0 Å². The van der Waals surface area contributed by atoms with Crippen LogP contribution in [0.5, 0.6) is 5.75 Å². The summed E-state index contributed by atoms with van der Waals surface area (Å²) in [6.45, 7) is 5.71. The molecule has 0 aromatic heterocycles. The summed E-state index contributed by atoms with van der Waals surface area (Å²) in [5.41, 5.74) is 2.38. The van der Waals surface area contributed by atoms with Crippen molar-refractivity contribution in [2.24, 2.45) is 4.99 Å². The van der Waals surface area contributed by atoms with Gasteiger partial charge < -0.3 is 20.1 Å². The Balaban J connectivity index is 0.00000225. The molecule has 2 bridgehead atoms. The van der Waals surface area contributed by atoms with E-state index in [0.29, 0.717) is 24.9 Å². The molecule has 0 radical (unpaired) electrons. The van der Waals surface area contributed by atoms with Crippen LogP contribution in [0.2, 0.25) is 0 Å². The van der Waals surface area contributed by atoms with Crippen LogP contribution in [0.3, 0.4) is 0 Å². The van der Waals surface area contributed by atoms with Gasteiger partial charge in [-0.05, 0) is 50.7 Å². The summed E-state index contributed by atoms with van der Waals surface area (Å²) >= 11 is 0. The average molecular weight is 459 g/mol. The van der Waals surface area contributed by atoms with E-state index in [1.807, 2.05) is 7.05 Å². The van der Waals surface area contributed by atoms with Gasteiger partial charge in [-0.1, -0.05) is 18.2 Å². The number of ether oxygens (including phenoxy) is 2. The van der Waals surface area contributed by atoms with Crippen LogP contribution in [-0.2, 0) is 4.74 Å². The minimum atomic E-state index is 0. The Morgan fingerprint density at radius 2 is 2.04 bits per heavy atom. The highest BCUT2D eigenvalue weighted by Gasteiger charge is 2.41. The quantitative estimate of drug-likeness (QED) is 0.297. The van der Waals surface area contributed by atoms with Crippen molar-refractivity contribution in [3.05, 3.63) is 29.3 Å². The fraction of sp³-hybridized carbons (Fsp3) is 0.632. The number of benzene rings is 1. The van der Waals surface area contributed by atoms with Gasteiger partial charge in [-0.15, -0.1) is 24.0 Å². The molecule has 0 amide bonds. The molecule has 140 valence electrons. The molecule has 0 spiro atoms. The number of hydrogen-bond donors (Lipinski definition) is 2. The molecule has 25 heavy (non-hydrogen) atoms. The number of para-hydroxylation sites is 1. The van der Waals surface area contributed by atoms with E-state index in [9.17, 15) is 0 Å². The fourth-order valence-electron chi connectivity index (χ4n) is 3.64. The molecular formula is C19H30IN3O2. The highest BCUT2D eigenvalue weighted by Crippen LogP contribution is 2.34. The minimum Gasteiger partial charge on any atom is -0.493 e. The molecule has 1 aromatic rings. The van der Waals surface area contributed by atoms with Crippen LogP contribution in [0.1, 0.15) is 36.8 Å². The van der Waals surface area contributed by atoms with E-state index in [4.69, 9.17) is 9.47 Å². The topological polar surface area (TPSA) is 54.9 Å². The number of hydrogen-bond acceptors (Lipinski definition) is 3. The van der Waals surface area contributed by atoms with Gasteiger partial charge in [0.05, 0.1) is 24.9 Å². The van der Waals surface area contributed by atoms with Crippen LogP contribution < -0.4 is 15.4 Å². The summed E-state index contributed by atoms with van der Waals surface area (Å²) in [5, 5.41) is 6.87. The second-order valence-corrected chi connectivity index (χ2v) is 6.78. The maximum absolute atomic E-state index is 5.94. The van der Waals surface area contributed by atoms with Gasteiger partial charge in [-0.2, -0.15) is 0 Å². The van der Waals surface area contributed by atoms with Crippen LogP contribution in [-0.4, -0.2) is 44.4 Å². The fourth-order valence-corrected chi connectivity index (χ4v) is 3.64. The Kier molecular flexibility index (Phi) is 7.81. The normalized spacial score (nSPS) is 24.8. The number of nitrogens with one attached hydrogen (secondary N) is 2. The number of nitrogens with zero attached hydrogens (tertiary/aromatic N) is 1. The molecule has 1 aromatic carbocycles. The van der Waals surface area contributed by atoms with Gasteiger partial charge in [0.1, 0.15) is 5.75 Å². The molecule has 2 fully saturated rings. The van der Waals surface area contributed by atoms with Gasteiger partial charge in [-0.3, -0.25) is 4.99 Å². The molecule has 6 heteroatoms. The maximum Gasteiger partial charge on any atom is 0.191 e. The van der Waals surface area contributed by atoms with Crippen molar-refractivity contribution >= 4 is 29.9 Å². The molecule has 0 aliphatic carbocycles. The molecule has 3 unspecified atom stereocenters. The second kappa shape index (κ2) is 9.62. The first-order valence-corrected chi connectivity index (χ1v) is 8.99. The van der Waals surface area contributed by atoms with Crippen molar-refractivity contribution in [3.63, 3.8) is 0 Å². The Morgan fingerprint density at radius 3 is 2.64 bits per heavy atom. The second-order valence-electron chi connectivity index (χ2n) is 6.78. The van der Waals surface area contributed by atoms with Gasteiger partial charge in [0.2, 0.25) is 0 Å². The van der Waals surface area contributed by atoms with E-state index in [1.165, 1.54) is 24.0 Å². The molecule has 5 nitrogen and oxygen atoms in total. The summed E-state index contributed by atoms with van der Waals surface area (Å²) in [6.07, 6.45) is 5.23. The molecule has 2 saturated heterocycles. The summed E-state index contributed by atoms with van der Waals surface area (Å²) in [5.74, 6) is 1.88. The lowest BCUT2D eigenvalue weighted by Crippen LogP contribution is -2.47. The molecule has 3 atom stereocenters. The summed E-state index contributed by atoms with van der Waals surface area (Å²) in [7, 11) is 1.82. The van der Waals surface area contributed by atoms with Crippen molar-refractivity contribution in [3.8, 4) is 5.75 Å². The number of aryl methyl sites for hydroxylation is 2. The molecular weight excluding hydrogens is 429 g/mol. The average Bonchev–Trinajstić information content (AvgIpc) is 3.18. The Labute approximate surface area is 168 Å². The van der Waals surface area contributed by atoms with Gasteiger partial charge >= 0.3 is 0 Å². The molecule has 3 rings (SSSR count). The maximum atomic E-state index is 5.94. The molecule has 2 aliphatic rings. The first kappa shape index (κ1) is 20.3. The van der Waals surface area contributed by atoms with E-state index < -0.39 is 0 Å². The van der Waals surface area contributed by atoms with Crippen molar-refractivity contribution in [2.45, 2.75) is 57.8 Å². The van der Waals surface area contributed by atoms with E-state index in [0.717, 1.165) is 31.1 Å². The standard InChI is InChI=1S/C19H29N3O2.HI/c1-13-6-4-7-14(2)18(13)23-11-5-10-21-19(20-3)22-16-12-15-8-9-17(16)24-15;/h4,6-7,15-17H,5,8-12H2,1-3H3,(H2,20,21,22);1H. The lowest BCUT2D eigenvalue weighted by Gasteiger charge is -2.22. The zero-order valence-corrected chi connectivity index (χ0v) is 17.7. The Morgan fingerprint density at radius 1 is 1.28 bits per heavy atom. The zero-order valence-electron chi connectivity index (χ0n) is 15.4. The zero-order chi connectivity index (χ0) is 16.9. The van der Waals surface area contributed by atoms with Crippen molar-refractivity contribution < 1.29 is 9.47 Å². The van der Waals surface area contributed by atoms with Crippen LogP contribution in [0.4, 0.5) is 0 Å². The lowest BCUT2D eigenvalue weighted by molar-refractivity contribution is 0.0992. The third-order valence-corrected chi connectivity index (χ3v) is 4.92. The van der Waals surface area contributed by atoms with Crippen LogP contribution in [0.15, 0.2) is 23.2 Å². The van der Waals surface area contributed by atoms with Gasteiger partial charge in [0.15, 0.2) is 5.96 Å². The van der Waals surface area contributed by atoms with E-state index in [2.05, 4.69) is 47.7 Å². The monoisotopic (exact) mass is 459 g/mol. The van der Waals surface area contributed by atoms with E-state index >= 15 is 0 Å². The number of rotatable bonds is 6. The molecule has 2 N–H and O–H groups in total. The molecule has 2 heterocycles. The van der Waals surface area contributed by atoms with Gasteiger partial charge in [0, 0.05) is 13.6 Å². The molecule has 2 aliphatic heterocycles. The van der Waals surface area contributed by atoms with Gasteiger partial charge in [-0.25, -0.2) is 0 Å². The van der Waals surface area contributed by atoms with Crippen LogP contribution in [0, 0.1) is 13.8 Å². The summed E-state index contributed by atoms with van der Waals surface area (Å²) in [6, 6.07) is 6.64. The number of fused-ring (bicyclic) bond motifs is 2. The first-order valence-electron chi connectivity index (χ1n) is 8.99. The minimum absolute atomic E-state index is 0. The van der Waals surface area contributed by atoms with Crippen molar-refractivity contribution in [2.75, 3.05) is 20.2 Å². The Hall–Kier alpha value is -1.02. The van der Waals surface area contributed by atoms with Crippen molar-refractivity contribution in [1.82, 2.24) is 10.6 Å². The Bertz CT molecular complexity index is 574. The SMILES string of the molecule is CN=C(NCCCOc1c(C)cccc1C)NC1CC2CCC1O2.I. The highest BCUT2D eigenvalue weighted by molar-refractivity contribution is 14.0. The predicted molar refractivity (Wildman–Crippen MR) is 112 cm³/mol. The third kappa shape index (κ3) is 5.23. The number of aliphatic imine (C=N–C) groups is 1. The van der Waals surface area contributed by atoms with Crippen molar-refractivity contribution in [1.29, 1.82) is 0 Å². The number of halogens is 1. The smallest absolute Gasteiger partial charge is 0.191 e. The lowest BCUT2D eigenvalue weighted by atomic mass is 9.96. The molecule has 0 saturated carbocycles. The van der Waals surface area contributed by atoms with Gasteiger partial charge in [0.25, 0.3) is 0 Å². The summed E-state index contributed by atoms with van der Waals surface area (Å²) in [4.78, 5) is 4.32. The third-order valence-electron chi connectivity index (χ3n) is 4.92. The first-order chi connectivity index (χ1) is 11.7. The van der Waals surface area contributed by atoms with Crippen LogP contribution >= 0.6 is 24.0 Å². The van der Waals surface area contributed by atoms with E-state index in [1.54, 1.807) is 0 Å². The van der Waals surface area contributed by atoms with Crippen LogP contribution in [0.25, 0.3) is 0 Å². The highest BCUT2D eigenvalue weighted by atomic mass is 127. The summed E-state index contributed by atoms with van der Waals surface area (Å²) < 4.78 is 11.8. The number of guanidine groups is 1. The largest absolute Gasteiger partial charge is 0.493 e. The predicted octanol–water partition coefficient (Wildman–Crippen LogP) is 3.18.